The Morgan fingerprint density at radius 2 is 1.88 bits per heavy atom. The van der Waals surface area contributed by atoms with Crippen molar-refractivity contribution in [1.29, 1.82) is 0 Å². The number of piperidine rings is 1. The summed E-state index contributed by atoms with van der Waals surface area (Å²) < 4.78 is 15.2. The lowest BCUT2D eigenvalue weighted by Gasteiger charge is -2.43. The summed E-state index contributed by atoms with van der Waals surface area (Å²) in [5.74, 6) is -0.697. The number of hydrogen-bond donors (Lipinski definition) is 1. The Morgan fingerprint density at radius 3 is 2.70 bits per heavy atom. The van der Waals surface area contributed by atoms with Crippen LogP contribution in [0.4, 0.5) is 9.18 Å². The van der Waals surface area contributed by atoms with Crippen LogP contribution in [-0.4, -0.2) is 57.9 Å². The standard InChI is InChI=1S/C24H25FN4O4/c25-18-4-1-3-15(10-18)7-8-28-23(32)19(26-24(28)33)11-22(31)27-12-16-9-17(14-27)20-5-2-6-21(30)29(20)13-16/h1-6,10,16-17,19H,7-9,11-14H2,(H,26,33)/t16-,17+,19-/m1/s1. The van der Waals surface area contributed by atoms with Crippen LogP contribution < -0.4 is 10.9 Å². The average molecular weight is 452 g/mol. The predicted octanol–water partition coefficient (Wildman–Crippen LogP) is 1.49. The highest BCUT2D eigenvalue weighted by Crippen LogP contribution is 2.35. The summed E-state index contributed by atoms with van der Waals surface area (Å²) >= 11 is 0. The van der Waals surface area contributed by atoms with Crippen molar-refractivity contribution in [2.24, 2.45) is 5.92 Å². The van der Waals surface area contributed by atoms with Crippen LogP contribution in [0, 0.1) is 11.7 Å². The highest BCUT2D eigenvalue weighted by Gasteiger charge is 2.41. The van der Waals surface area contributed by atoms with Gasteiger partial charge in [-0.15, -0.1) is 0 Å². The zero-order valence-corrected chi connectivity index (χ0v) is 18.1. The lowest BCUT2D eigenvalue weighted by atomic mass is 9.83. The van der Waals surface area contributed by atoms with E-state index >= 15 is 0 Å². The summed E-state index contributed by atoms with van der Waals surface area (Å²) in [7, 11) is 0. The summed E-state index contributed by atoms with van der Waals surface area (Å²) in [6.45, 7) is 1.74. The highest BCUT2D eigenvalue weighted by atomic mass is 19.1. The Labute approximate surface area is 190 Å². The minimum absolute atomic E-state index is 0.0143. The molecule has 33 heavy (non-hydrogen) atoms. The Kier molecular flexibility index (Phi) is 5.47. The van der Waals surface area contributed by atoms with Crippen LogP contribution in [0.5, 0.6) is 0 Å². The van der Waals surface area contributed by atoms with Gasteiger partial charge in [-0.25, -0.2) is 9.18 Å². The first-order valence-electron chi connectivity index (χ1n) is 11.2. The van der Waals surface area contributed by atoms with Gasteiger partial charge in [0, 0.05) is 43.9 Å². The van der Waals surface area contributed by atoms with E-state index < -0.39 is 18.0 Å². The molecule has 3 aliphatic heterocycles. The maximum absolute atomic E-state index is 13.4. The molecule has 2 aromatic rings. The fourth-order valence-corrected chi connectivity index (χ4v) is 5.26. The molecule has 0 unspecified atom stereocenters. The van der Waals surface area contributed by atoms with Gasteiger partial charge in [-0.3, -0.25) is 19.3 Å². The fraction of sp³-hybridized carbons (Fsp3) is 0.417. The molecule has 0 aliphatic carbocycles. The number of benzene rings is 1. The van der Waals surface area contributed by atoms with E-state index in [2.05, 4.69) is 5.32 Å². The number of amides is 4. The SMILES string of the molecule is O=C(C[C@H]1NC(=O)N(CCc2cccc(F)c2)C1=O)N1C[C@H]2C[C@@H](C1)c1cccc(=O)n1C2. The second-order valence-electron chi connectivity index (χ2n) is 9.07. The van der Waals surface area contributed by atoms with Gasteiger partial charge in [0.2, 0.25) is 5.91 Å². The first-order valence-corrected chi connectivity index (χ1v) is 11.2. The number of urea groups is 1. The van der Waals surface area contributed by atoms with Crippen LogP contribution in [0.25, 0.3) is 0 Å². The van der Waals surface area contributed by atoms with Crippen molar-refractivity contribution in [2.45, 2.75) is 37.8 Å². The number of fused-ring (bicyclic) bond motifs is 4. The molecule has 1 aromatic heterocycles. The number of halogens is 1. The quantitative estimate of drug-likeness (QED) is 0.696. The third kappa shape index (κ3) is 4.15. The van der Waals surface area contributed by atoms with Gasteiger partial charge in [-0.05, 0) is 42.5 Å². The number of nitrogens with zero attached hydrogens (tertiary/aromatic N) is 3. The van der Waals surface area contributed by atoms with Crippen LogP contribution in [0.15, 0.2) is 47.3 Å². The zero-order valence-electron chi connectivity index (χ0n) is 18.1. The van der Waals surface area contributed by atoms with Crippen LogP contribution >= 0.6 is 0 Å². The number of aromatic nitrogens is 1. The molecule has 4 amide bonds. The smallest absolute Gasteiger partial charge is 0.324 e. The molecule has 5 rings (SSSR count). The zero-order chi connectivity index (χ0) is 23.1. The Morgan fingerprint density at radius 1 is 1.06 bits per heavy atom. The molecule has 1 N–H and O–H groups in total. The van der Waals surface area contributed by atoms with Crippen molar-refractivity contribution in [3.63, 3.8) is 0 Å². The van der Waals surface area contributed by atoms with Gasteiger partial charge in [-0.1, -0.05) is 18.2 Å². The average Bonchev–Trinajstić information content (AvgIpc) is 3.05. The molecule has 2 fully saturated rings. The van der Waals surface area contributed by atoms with E-state index in [4.69, 9.17) is 0 Å². The molecule has 1 aromatic carbocycles. The number of imide groups is 1. The van der Waals surface area contributed by atoms with E-state index in [1.807, 2.05) is 6.07 Å². The first-order chi connectivity index (χ1) is 15.9. The minimum atomic E-state index is -0.894. The number of carbonyl (C=O) groups excluding carboxylic acids is 3. The van der Waals surface area contributed by atoms with Gasteiger partial charge >= 0.3 is 6.03 Å². The van der Waals surface area contributed by atoms with Crippen molar-refractivity contribution in [3.8, 4) is 0 Å². The van der Waals surface area contributed by atoms with Gasteiger partial charge in [0.1, 0.15) is 11.9 Å². The fourth-order valence-electron chi connectivity index (χ4n) is 5.26. The Balaban J connectivity index is 1.21. The topological polar surface area (TPSA) is 91.7 Å². The van der Waals surface area contributed by atoms with E-state index in [1.54, 1.807) is 33.7 Å². The maximum atomic E-state index is 13.4. The minimum Gasteiger partial charge on any atom is -0.342 e. The van der Waals surface area contributed by atoms with Gasteiger partial charge in [-0.2, -0.15) is 0 Å². The largest absolute Gasteiger partial charge is 0.342 e. The number of carbonyl (C=O) groups is 3. The Hall–Kier alpha value is -3.49. The molecule has 2 bridgehead atoms. The summed E-state index contributed by atoms with van der Waals surface area (Å²) in [5, 5.41) is 2.62. The third-order valence-corrected chi connectivity index (χ3v) is 6.83. The Bertz CT molecular complexity index is 1180. The van der Waals surface area contributed by atoms with Gasteiger partial charge in [0.05, 0.1) is 6.42 Å². The second-order valence-corrected chi connectivity index (χ2v) is 9.07. The van der Waals surface area contributed by atoms with Crippen molar-refractivity contribution < 1.29 is 18.8 Å². The lowest BCUT2D eigenvalue weighted by Crippen LogP contribution is -2.50. The molecule has 8 nitrogen and oxygen atoms in total. The molecule has 2 saturated heterocycles. The number of likely N-dealkylation sites (tertiary alicyclic amines) is 1. The third-order valence-electron chi connectivity index (χ3n) is 6.83. The van der Waals surface area contributed by atoms with Crippen molar-refractivity contribution in [1.82, 2.24) is 19.7 Å². The number of hydrogen-bond acceptors (Lipinski definition) is 4. The molecule has 3 aliphatic rings. The maximum Gasteiger partial charge on any atom is 0.324 e. The molecule has 172 valence electrons. The van der Waals surface area contributed by atoms with Gasteiger partial charge in [0.25, 0.3) is 11.5 Å². The molecule has 0 spiro atoms. The van der Waals surface area contributed by atoms with E-state index in [9.17, 15) is 23.6 Å². The molecular weight excluding hydrogens is 427 g/mol. The highest BCUT2D eigenvalue weighted by molar-refractivity contribution is 6.05. The lowest BCUT2D eigenvalue weighted by molar-refractivity contribution is -0.137. The molecule has 3 atom stereocenters. The van der Waals surface area contributed by atoms with Crippen molar-refractivity contribution >= 4 is 17.8 Å². The van der Waals surface area contributed by atoms with E-state index in [-0.39, 0.29) is 42.1 Å². The number of nitrogens with one attached hydrogen (secondary N) is 1. The van der Waals surface area contributed by atoms with Crippen LogP contribution in [-0.2, 0) is 22.6 Å². The molecule has 9 heteroatoms. The van der Waals surface area contributed by atoms with Crippen LogP contribution in [0.2, 0.25) is 0 Å². The van der Waals surface area contributed by atoms with Crippen LogP contribution in [0.3, 0.4) is 0 Å². The first kappa shape index (κ1) is 21.4. The molecule has 0 radical (unpaired) electrons. The number of pyridine rings is 1. The monoisotopic (exact) mass is 452 g/mol. The molecular formula is C24H25FN4O4. The summed E-state index contributed by atoms with van der Waals surface area (Å²) in [6.07, 6.45) is 1.17. The normalized spacial score (nSPS) is 24.0. The predicted molar refractivity (Wildman–Crippen MR) is 117 cm³/mol. The molecule has 0 saturated carbocycles. The second kappa shape index (κ2) is 8.46. The number of rotatable bonds is 5. The van der Waals surface area contributed by atoms with E-state index in [0.29, 0.717) is 31.6 Å². The van der Waals surface area contributed by atoms with E-state index in [1.165, 1.54) is 12.1 Å². The van der Waals surface area contributed by atoms with Crippen molar-refractivity contribution in [3.05, 3.63) is 69.9 Å². The van der Waals surface area contributed by atoms with Crippen LogP contribution in [0.1, 0.15) is 30.0 Å². The van der Waals surface area contributed by atoms with Gasteiger partial charge in [0.15, 0.2) is 0 Å². The van der Waals surface area contributed by atoms with E-state index in [0.717, 1.165) is 17.0 Å². The molecule has 4 heterocycles. The summed E-state index contributed by atoms with van der Waals surface area (Å²) in [4.78, 5) is 53.2. The van der Waals surface area contributed by atoms with Gasteiger partial charge < -0.3 is 14.8 Å². The van der Waals surface area contributed by atoms with Crippen molar-refractivity contribution in [2.75, 3.05) is 19.6 Å². The summed E-state index contributed by atoms with van der Waals surface area (Å²) in [6, 6.07) is 9.86. The summed E-state index contributed by atoms with van der Waals surface area (Å²) in [5.41, 5.74) is 1.62.